The summed E-state index contributed by atoms with van der Waals surface area (Å²) in [6.45, 7) is 13.1. The van der Waals surface area contributed by atoms with Crippen LogP contribution >= 0.6 is 0 Å². The third kappa shape index (κ3) is 9.28. The summed E-state index contributed by atoms with van der Waals surface area (Å²) in [5, 5.41) is 16.8. The number of nitrogens with one attached hydrogen (secondary N) is 2. The number of hydrogen-bond donors (Lipinski definition) is 3. The van der Waals surface area contributed by atoms with Crippen molar-refractivity contribution in [3.63, 3.8) is 0 Å². The Morgan fingerprint density at radius 3 is 2.32 bits per heavy atom. The van der Waals surface area contributed by atoms with Crippen LogP contribution in [0.25, 0.3) is 6.08 Å². The number of fused-ring (bicyclic) bond motifs is 1. The molecule has 53 heavy (non-hydrogen) atoms. The van der Waals surface area contributed by atoms with Crippen molar-refractivity contribution >= 4 is 35.8 Å². The van der Waals surface area contributed by atoms with Crippen molar-refractivity contribution in [1.82, 2.24) is 15.5 Å². The van der Waals surface area contributed by atoms with Crippen molar-refractivity contribution in [1.29, 1.82) is 0 Å². The van der Waals surface area contributed by atoms with E-state index in [9.17, 15) is 29.1 Å². The van der Waals surface area contributed by atoms with Crippen LogP contribution in [-0.4, -0.2) is 108 Å². The van der Waals surface area contributed by atoms with Gasteiger partial charge in [-0.3, -0.25) is 19.7 Å². The summed E-state index contributed by atoms with van der Waals surface area (Å²) in [4.78, 5) is 70.5. The Bertz CT molecular complexity index is 1520. The molecule has 0 bridgehead atoms. The van der Waals surface area contributed by atoms with E-state index in [2.05, 4.69) is 10.6 Å². The van der Waals surface area contributed by atoms with E-state index in [-0.39, 0.29) is 30.8 Å². The number of alkyl carbamates (subject to hydrolysis) is 2. The monoisotopic (exact) mass is 743 g/mol. The Kier molecular flexibility index (Phi) is 13.5. The molecule has 4 rings (SSSR count). The quantitative estimate of drug-likeness (QED) is 0.206. The molecule has 3 fully saturated rings. The highest BCUT2D eigenvalue weighted by atomic mass is 16.7. The van der Waals surface area contributed by atoms with E-state index in [1.54, 1.807) is 47.6 Å². The van der Waals surface area contributed by atoms with Gasteiger partial charge < -0.3 is 39.0 Å². The van der Waals surface area contributed by atoms with Gasteiger partial charge in [0.2, 0.25) is 0 Å². The number of aliphatic hydroxyl groups excluding tert-OH is 1. The summed E-state index contributed by atoms with van der Waals surface area (Å²) in [5.41, 5.74) is -2.34. The first-order chi connectivity index (χ1) is 24.8. The van der Waals surface area contributed by atoms with Crippen LogP contribution in [0.15, 0.2) is 36.5 Å². The first-order valence-corrected chi connectivity index (χ1v) is 18.5. The summed E-state index contributed by atoms with van der Waals surface area (Å²) < 4.78 is 30.5. The van der Waals surface area contributed by atoms with Gasteiger partial charge in [0, 0.05) is 30.0 Å². The molecule has 3 aliphatic rings. The molecule has 0 radical (unpaired) electrons. The fraction of sp³-hybridized carbons (Fsp3) is 0.667. The lowest BCUT2D eigenvalue weighted by Crippen LogP contribution is -2.60. The van der Waals surface area contributed by atoms with Crippen LogP contribution in [-0.2, 0) is 38.1 Å². The van der Waals surface area contributed by atoms with Crippen LogP contribution in [0, 0.1) is 23.7 Å². The van der Waals surface area contributed by atoms with Crippen LogP contribution in [0.5, 0.6) is 0 Å². The first-order valence-electron chi connectivity index (χ1n) is 18.5. The number of amides is 2. The average molecular weight is 744 g/mol. The van der Waals surface area contributed by atoms with Crippen LogP contribution in [0.3, 0.4) is 0 Å². The molecule has 3 aliphatic heterocycles. The van der Waals surface area contributed by atoms with Crippen molar-refractivity contribution in [3.05, 3.63) is 42.1 Å². The van der Waals surface area contributed by atoms with Gasteiger partial charge in [-0.2, -0.15) is 0 Å². The molecule has 0 aromatic heterocycles. The molecule has 0 saturated carbocycles. The van der Waals surface area contributed by atoms with E-state index < -0.39 is 89.5 Å². The Balaban J connectivity index is 1.81. The van der Waals surface area contributed by atoms with Crippen molar-refractivity contribution in [2.24, 2.45) is 23.7 Å². The molecule has 3 saturated heterocycles. The number of nitrogens with zero attached hydrogens (tertiary/aromatic N) is 1. The number of ketones is 2. The van der Waals surface area contributed by atoms with Crippen LogP contribution in [0.2, 0.25) is 0 Å². The SMILES string of the molecule is CC[C@H]1OC(=O)C(C)C(=O)[C@H](C)[C@@H](O[C@@H]2O[C@H](C)C[C@H](N(C)C)[C@H]2O)[C@](C)(OC(=O)N/C=C/c2ccccc2)C[C@@H](C)C(=O)[C@H](C)[C@H]2NC(=O)O[C@@]21C. The molecule has 294 valence electrons. The largest absolute Gasteiger partial charge is 0.458 e. The van der Waals surface area contributed by atoms with E-state index in [1.165, 1.54) is 13.1 Å². The molecule has 14 nitrogen and oxygen atoms in total. The zero-order valence-corrected chi connectivity index (χ0v) is 32.5. The maximum atomic E-state index is 14.3. The highest BCUT2D eigenvalue weighted by Crippen LogP contribution is 2.40. The second kappa shape index (κ2) is 17.1. The minimum atomic E-state index is -1.73. The number of Topliss-reactive ketones (excluding diaryl/α,β-unsaturated/α-hetero) is 2. The molecule has 0 spiro atoms. The normalized spacial score (nSPS) is 38.8. The molecule has 14 heteroatoms. The number of rotatable bonds is 7. The number of benzene rings is 1. The Labute approximate surface area is 312 Å². The highest BCUT2D eigenvalue weighted by Gasteiger charge is 2.57. The summed E-state index contributed by atoms with van der Waals surface area (Å²) in [6.07, 6.45) is -3.09. The van der Waals surface area contributed by atoms with Crippen molar-refractivity contribution < 1.29 is 52.8 Å². The van der Waals surface area contributed by atoms with Gasteiger partial charge >= 0.3 is 18.2 Å². The van der Waals surface area contributed by atoms with E-state index >= 15 is 0 Å². The number of aliphatic hydroxyl groups is 1. The third-order valence-electron chi connectivity index (χ3n) is 11.1. The van der Waals surface area contributed by atoms with Crippen molar-refractivity contribution in [3.8, 4) is 0 Å². The predicted octanol–water partition coefficient (Wildman–Crippen LogP) is 4.23. The van der Waals surface area contributed by atoms with Crippen LogP contribution in [0.1, 0.15) is 80.2 Å². The topological polar surface area (TPSA) is 179 Å². The van der Waals surface area contributed by atoms with E-state index in [4.69, 9.17) is 23.7 Å². The minimum absolute atomic E-state index is 0.141. The molecule has 1 unspecified atom stereocenters. The number of likely N-dealkylation sites (N-methyl/N-ethyl adjacent to an activating group) is 1. The zero-order valence-electron chi connectivity index (χ0n) is 32.5. The number of hydrogen-bond acceptors (Lipinski definition) is 12. The number of carbonyl (C=O) groups is 5. The van der Waals surface area contributed by atoms with Crippen LogP contribution in [0.4, 0.5) is 9.59 Å². The van der Waals surface area contributed by atoms with Gasteiger partial charge in [-0.1, -0.05) is 58.0 Å². The predicted molar refractivity (Wildman–Crippen MR) is 194 cm³/mol. The molecule has 2 amide bonds. The molecule has 1 aromatic carbocycles. The van der Waals surface area contributed by atoms with E-state index in [0.717, 1.165) is 5.56 Å². The first kappa shape index (κ1) is 41.9. The molecule has 13 atom stereocenters. The molecule has 3 N–H and O–H groups in total. The number of ether oxygens (including phenoxy) is 5. The van der Waals surface area contributed by atoms with Gasteiger partial charge in [0.25, 0.3) is 0 Å². The Morgan fingerprint density at radius 2 is 1.70 bits per heavy atom. The van der Waals surface area contributed by atoms with Gasteiger partial charge in [0.15, 0.2) is 17.7 Å². The van der Waals surface area contributed by atoms with Gasteiger partial charge in [-0.25, -0.2) is 9.59 Å². The maximum Gasteiger partial charge on any atom is 0.411 e. The standard InChI is InChI=1S/C39H57N3O11/c1-11-28-39(8)32(41-37(48)53-39)23(4)29(43)21(2)20-38(7,52-36(47)40-18-17-26-15-13-12-14-16-26)33(24(5)30(44)25(6)34(46)50-28)51-35-31(45)27(42(9)10)19-22(3)49-35/h12-18,21-25,27-28,31-33,35,45H,11,19-20H2,1-10H3,(H,40,47)(H,41,48)/b18-17+/t21-,22-,23+,24+,25?,27+,28-,31-,32-,33-,35+,38-,39-/m1/s1. The third-order valence-corrected chi connectivity index (χ3v) is 11.1. The highest BCUT2D eigenvalue weighted by molar-refractivity contribution is 6.00. The number of carbonyl (C=O) groups excluding carboxylic acids is 5. The molecule has 1 aromatic rings. The molecular formula is C39H57N3O11. The lowest BCUT2D eigenvalue weighted by atomic mass is 9.73. The zero-order chi connectivity index (χ0) is 39.4. The van der Waals surface area contributed by atoms with Crippen molar-refractivity contribution in [2.45, 2.75) is 129 Å². The number of esters is 1. The molecule has 3 heterocycles. The van der Waals surface area contributed by atoms with Gasteiger partial charge in [-0.15, -0.1) is 0 Å². The minimum Gasteiger partial charge on any atom is -0.458 e. The molecule has 0 aliphatic carbocycles. The lowest BCUT2D eigenvalue weighted by molar-refractivity contribution is -0.292. The number of cyclic esters (lactones) is 1. The smallest absolute Gasteiger partial charge is 0.411 e. The van der Waals surface area contributed by atoms with E-state index in [0.29, 0.717) is 6.42 Å². The van der Waals surface area contributed by atoms with Gasteiger partial charge in [0.05, 0.1) is 12.1 Å². The lowest BCUT2D eigenvalue weighted by Gasteiger charge is -2.47. The second-order valence-corrected chi connectivity index (χ2v) is 15.5. The van der Waals surface area contributed by atoms with Crippen LogP contribution < -0.4 is 10.6 Å². The van der Waals surface area contributed by atoms with Gasteiger partial charge in [-0.05, 0) is 72.7 Å². The summed E-state index contributed by atoms with van der Waals surface area (Å²) in [6, 6.07) is 8.00. The Morgan fingerprint density at radius 1 is 1.04 bits per heavy atom. The fourth-order valence-electron chi connectivity index (χ4n) is 8.10. The molecular weight excluding hydrogens is 686 g/mol. The average Bonchev–Trinajstić information content (AvgIpc) is 3.42. The fourth-order valence-corrected chi connectivity index (χ4v) is 8.10. The van der Waals surface area contributed by atoms with Gasteiger partial charge in [0.1, 0.15) is 35.6 Å². The van der Waals surface area contributed by atoms with Crippen molar-refractivity contribution in [2.75, 3.05) is 14.1 Å². The second-order valence-electron chi connectivity index (χ2n) is 15.5. The van der Waals surface area contributed by atoms with E-state index in [1.807, 2.05) is 56.3 Å². The Hall–Kier alpha value is -3.85. The summed E-state index contributed by atoms with van der Waals surface area (Å²) >= 11 is 0. The summed E-state index contributed by atoms with van der Waals surface area (Å²) in [5.74, 6) is -5.90. The maximum absolute atomic E-state index is 14.3. The summed E-state index contributed by atoms with van der Waals surface area (Å²) in [7, 11) is 3.65.